The van der Waals surface area contributed by atoms with Crippen LogP contribution < -0.4 is 5.32 Å². The minimum absolute atomic E-state index is 0.0432. The molecular formula is C20H16ClNO3. The summed E-state index contributed by atoms with van der Waals surface area (Å²) in [4.78, 5) is 24.7. The van der Waals surface area contributed by atoms with Crippen LogP contribution in [-0.4, -0.2) is 22.9 Å². The average Bonchev–Trinajstić information content (AvgIpc) is 3.10. The fourth-order valence-corrected chi connectivity index (χ4v) is 4.06. The Morgan fingerprint density at radius 1 is 1.16 bits per heavy atom. The number of carboxylic acid groups (broad SMARTS) is 1. The van der Waals surface area contributed by atoms with Crippen molar-refractivity contribution in [2.24, 2.45) is 5.92 Å². The fraction of sp³-hybridized carbons (Fsp3) is 0.200. The molecule has 126 valence electrons. The molecule has 0 saturated carbocycles. The number of rotatable bonds is 3. The summed E-state index contributed by atoms with van der Waals surface area (Å²) >= 11 is 6.28. The van der Waals surface area contributed by atoms with Gasteiger partial charge < -0.3 is 10.4 Å². The molecule has 1 heterocycles. The molecule has 0 radical (unpaired) electrons. The van der Waals surface area contributed by atoms with E-state index in [0.717, 1.165) is 5.56 Å². The summed E-state index contributed by atoms with van der Waals surface area (Å²) < 4.78 is 0. The highest BCUT2D eigenvalue weighted by molar-refractivity contribution is 6.31. The Morgan fingerprint density at radius 2 is 1.92 bits per heavy atom. The van der Waals surface area contributed by atoms with E-state index in [1.54, 1.807) is 30.3 Å². The molecule has 2 aliphatic rings. The second-order valence-corrected chi connectivity index (χ2v) is 6.86. The standard InChI is InChI=1S/C20H16ClNO3/c21-12-9-15-13-7-4-8-14(13)18(20(24)25)22-17(15)16(10-12)19(23)11-5-2-1-3-6-11/h1-7,9-10,13-14,18,22H,8H2,(H,24,25)/t13-,14-,18+/m1/s1. The van der Waals surface area contributed by atoms with E-state index in [-0.39, 0.29) is 17.6 Å². The monoisotopic (exact) mass is 353 g/mol. The van der Waals surface area contributed by atoms with Gasteiger partial charge in [-0.25, -0.2) is 4.79 Å². The Labute approximate surface area is 150 Å². The second-order valence-electron chi connectivity index (χ2n) is 6.43. The van der Waals surface area contributed by atoms with Gasteiger partial charge in [0, 0.05) is 33.7 Å². The number of allylic oxidation sites excluding steroid dienone is 2. The molecule has 2 aromatic carbocycles. The number of carbonyl (C=O) groups is 2. The molecule has 3 atom stereocenters. The molecule has 2 N–H and O–H groups in total. The molecule has 4 rings (SSSR count). The second kappa shape index (κ2) is 6.05. The molecule has 1 aliphatic heterocycles. The Morgan fingerprint density at radius 3 is 2.64 bits per heavy atom. The number of aliphatic carboxylic acids is 1. The number of carboxylic acids is 1. The van der Waals surface area contributed by atoms with E-state index in [1.165, 1.54) is 0 Å². The number of benzene rings is 2. The number of anilines is 1. The third-order valence-corrected chi connectivity index (χ3v) is 5.20. The average molecular weight is 354 g/mol. The topological polar surface area (TPSA) is 66.4 Å². The van der Waals surface area contributed by atoms with E-state index in [1.807, 2.05) is 24.3 Å². The molecule has 5 heteroatoms. The SMILES string of the molecule is O=C(c1ccccc1)c1cc(Cl)cc2c1N[C@H](C(=O)O)[C@@H]1CC=C[C@@H]21. The molecule has 0 aromatic heterocycles. The zero-order chi connectivity index (χ0) is 17.6. The summed E-state index contributed by atoms with van der Waals surface area (Å²) in [7, 11) is 0. The highest BCUT2D eigenvalue weighted by Crippen LogP contribution is 2.47. The summed E-state index contributed by atoms with van der Waals surface area (Å²) in [5.74, 6) is -1.18. The molecular weight excluding hydrogens is 338 g/mol. The maximum atomic E-state index is 13.0. The van der Waals surface area contributed by atoms with E-state index < -0.39 is 12.0 Å². The molecule has 0 spiro atoms. The Hall–Kier alpha value is -2.59. The Balaban J connectivity index is 1.87. The minimum Gasteiger partial charge on any atom is -0.480 e. The maximum Gasteiger partial charge on any atom is 0.326 e. The minimum atomic E-state index is -0.905. The van der Waals surface area contributed by atoms with Gasteiger partial charge >= 0.3 is 5.97 Å². The summed E-state index contributed by atoms with van der Waals surface area (Å²) in [6, 6.07) is 11.6. The van der Waals surface area contributed by atoms with Crippen LogP contribution in [0.1, 0.15) is 33.8 Å². The Bertz CT molecular complexity index is 891. The van der Waals surface area contributed by atoms with Crippen molar-refractivity contribution in [1.82, 2.24) is 0 Å². The van der Waals surface area contributed by atoms with Crippen LogP contribution in [0.15, 0.2) is 54.6 Å². The molecule has 25 heavy (non-hydrogen) atoms. The van der Waals surface area contributed by atoms with Crippen LogP contribution in [0.5, 0.6) is 0 Å². The van der Waals surface area contributed by atoms with Crippen molar-refractivity contribution >= 4 is 29.0 Å². The van der Waals surface area contributed by atoms with Crippen LogP contribution in [-0.2, 0) is 4.79 Å². The molecule has 0 fully saturated rings. The lowest BCUT2D eigenvalue weighted by atomic mass is 9.78. The van der Waals surface area contributed by atoms with Gasteiger partial charge in [0.05, 0.1) is 0 Å². The zero-order valence-electron chi connectivity index (χ0n) is 13.3. The van der Waals surface area contributed by atoms with E-state index >= 15 is 0 Å². The molecule has 0 saturated heterocycles. The van der Waals surface area contributed by atoms with Crippen molar-refractivity contribution in [3.8, 4) is 0 Å². The van der Waals surface area contributed by atoms with Gasteiger partial charge in [0.1, 0.15) is 6.04 Å². The summed E-state index contributed by atoms with van der Waals surface area (Å²) in [6.45, 7) is 0. The quantitative estimate of drug-likeness (QED) is 0.643. The first kappa shape index (κ1) is 15.9. The van der Waals surface area contributed by atoms with Crippen LogP contribution in [0.3, 0.4) is 0 Å². The normalized spacial score (nSPS) is 23.5. The predicted octanol–water partition coefficient (Wildman–Crippen LogP) is 4.11. The third-order valence-electron chi connectivity index (χ3n) is 4.98. The van der Waals surface area contributed by atoms with Crippen LogP contribution in [0, 0.1) is 5.92 Å². The smallest absolute Gasteiger partial charge is 0.326 e. The van der Waals surface area contributed by atoms with Crippen molar-refractivity contribution in [3.63, 3.8) is 0 Å². The summed E-state index contributed by atoms with van der Waals surface area (Å²) in [5, 5.41) is 13.2. The van der Waals surface area contributed by atoms with Crippen molar-refractivity contribution in [1.29, 1.82) is 0 Å². The third kappa shape index (κ3) is 2.63. The molecule has 1 aliphatic carbocycles. The zero-order valence-corrected chi connectivity index (χ0v) is 14.0. The van der Waals surface area contributed by atoms with Crippen LogP contribution >= 0.6 is 11.6 Å². The molecule has 2 aromatic rings. The van der Waals surface area contributed by atoms with E-state index in [9.17, 15) is 14.7 Å². The fourth-order valence-electron chi connectivity index (χ4n) is 3.83. The van der Waals surface area contributed by atoms with Gasteiger partial charge in [-0.05, 0) is 24.1 Å². The molecule has 0 amide bonds. The first-order chi connectivity index (χ1) is 12.1. The van der Waals surface area contributed by atoms with E-state index in [2.05, 4.69) is 5.32 Å². The lowest BCUT2D eigenvalue weighted by Crippen LogP contribution is -2.42. The van der Waals surface area contributed by atoms with Crippen molar-refractivity contribution < 1.29 is 14.7 Å². The van der Waals surface area contributed by atoms with Crippen molar-refractivity contribution in [3.05, 3.63) is 76.3 Å². The first-order valence-corrected chi connectivity index (χ1v) is 8.53. The number of carbonyl (C=O) groups excluding carboxylic acids is 1. The number of halogens is 1. The highest BCUT2D eigenvalue weighted by atomic mass is 35.5. The van der Waals surface area contributed by atoms with E-state index in [0.29, 0.717) is 28.3 Å². The predicted molar refractivity (Wildman–Crippen MR) is 96.4 cm³/mol. The molecule has 0 unspecified atom stereocenters. The van der Waals surface area contributed by atoms with Gasteiger partial charge in [-0.2, -0.15) is 0 Å². The lowest BCUT2D eigenvalue weighted by Gasteiger charge is -2.35. The maximum absolute atomic E-state index is 13.0. The van der Waals surface area contributed by atoms with Crippen molar-refractivity contribution in [2.75, 3.05) is 5.32 Å². The molecule has 0 bridgehead atoms. The largest absolute Gasteiger partial charge is 0.480 e. The van der Waals surface area contributed by atoms with Crippen LogP contribution in [0.25, 0.3) is 0 Å². The van der Waals surface area contributed by atoms with E-state index in [4.69, 9.17) is 11.6 Å². The van der Waals surface area contributed by atoms with Crippen LogP contribution in [0.4, 0.5) is 5.69 Å². The molecule has 4 nitrogen and oxygen atoms in total. The van der Waals surface area contributed by atoms with Gasteiger partial charge in [0.25, 0.3) is 0 Å². The van der Waals surface area contributed by atoms with Gasteiger partial charge in [-0.1, -0.05) is 54.1 Å². The van der Waals surface area contributed by atoms with Gasteiger partial charge in [0.15, 0.2) is 5.78 Å². The van der Waals surface area contributed by atoms with Gasteiger partial charge in [-0.3, -0.25) is 4.79 Å². The number of fused-ring (bicyclic) bond motifs is 3. The number of nitrogens with one attached hydrogen (secondary N) is 1. The number of hydrogen-bond donors (Lipinski definition) is 2. The first-order valence-electron chi connectivity index (χ1n) is 8.15. The number of hydrogen-bond acceptors (Lipinski definition) is 3. The summed E-state index contributed by atoms with van der Waals surface area (Å²) in [6.07, 6.45) is 4.72. The highest BCUT2D eigenvalue weighted by Gasteiger charge is 2.42. The van der Waals surface area contributed by atoms with Gasteiger partial charge in [-0.15, -0.1) is 0 Å². The van der Waals surface area contributed by atoms with Crippen molar-refractivity contribution in [2.45, 2.75) is 18.4 Å². The summed E-state index contributed by atoms with van der Waals surface area (Å²) in [5.41, 5.74) is 2.44. The lowest BCUT2D eigenvalue weighted by molar-refractivity contribution is -0.139. The van der Waals surface area contributed by atoms with Gasteiger partial charge in [0.2, 0.25) is 0 Å². The number of ketones is 1. The Kier molecular flexibility index (Phi) is 3.85. The van der Waals surface area contributed by atoms with Crippen LogP contribution in [0.2, 0.25) is 5.02 Å².